The van der Waals surface area contributed by atoms with Crippen molar-refractivity contribution >= 4 is 40.2 Å². The molecule has 1 aliphatic heterocycles. The number of hydrogen-bond acceptors (Lipinski definition) is 5. The van der Waals surface area contributed by atoms with Gasteiger partial charge in [-0.2, -0.15) is 4.37 Å². The number of aromatic nitrogens is 1. The van der Waals surface area contributed by atoms with Crippen LogP contribution in [-0.4, -0.2) is 52.2 Å². The first-order valence-corrected chi connectivity index (χ1v) is 12.3. The van der Waals surface area contributed by atoms with Crippen molar-refractivity contribution in [2.45, 2.75) is 65.0 Å². The average Bonchev–Trinajstić information content (AvgIpc) is 3.19. The van der Waals surface area contributed by atoms with Crippen LogP contribution in [0.25, 0.3) is 10.9 Å². The molecule has 0 bridgehead atoms. The number of rotatable bonds is 6. The van der Waals surface area contributed by atoms with E-state index >= 15 is 0 Å². The Morgan fingerprint density at radius 2 is 2.03 bits per heavy atom. The molecule has 2 N–H and O–H groups in total. The molecular formula is C24H32N4O3S. The summed E-state index contributed by atoms with van der Waals surface area (Å²) in [6.07, 6.45) is 4.98. The molecular weight excluding hydrogens is 424 g/mol. The third-order valence-corrected chi connectivity index (χ3v) is 7.99. The normalized spacial score (nSPS) is 21.6. The fourth-order valence-electron chi connectivity index (χ4n) is 5.08. The molecule has 1 spiro atoms. The number of benzene rings is 1. The molecule has 1 saturated carbocycles. The molecule has 7 nitrogen and oxygen atoms in total. The predicted molar refractivity (Wildman–Crippen MR) is 125 cm³/mol. The minimum Gasteiger partial charge on any atom is -0.350 e. The molecule has 2 heterocycles. The molecule has 3 atom stereocenters. The molecule has 3 amide bonds. The van der Waals surface area contributed by atoms with Crippen molar-refractivity contribution in [3.8, 4) is 0 Å². The highest BCUT2D eigenvalue weighted by atomic mass is 32.1. The zero-order valence-electron chi connectivity index (χ0n) is 19.0. The Morgan fingerprint density at radius 3 is 2.69 bits per heavy atom. The second-order valence-electron chi connectivity index (χ2n) is 9.54. The topological polar surface area (TPSA) is 91.4 Å². The predicted octanol–water partition coefficient (Wildman–Crippen LogP) is 3.35. The minimum atomic E-state index is -0.564. The van der Waals surface area contributed by atoms with E-state index in [9.17, 15) is 14.4 Å². The Hall–Kier alpha value is -2.48. The van der Waals surface area contributed by atoms with Gasteiger partial charge in [-0.25, -0.2) is 0 Å². The van der Waals surface area contributed by atoms with Gasteiger partial charge >= 0.3 is 0 Å². The van der Waals surface area contributed by atoms with Gasteiger partial charge in [-0.15, -0.1) is 0 Å². The fourth-order valence-corrected chi connectivity index (χ4v) is 5.90. The Morgan fingerprint density at radius 1 is 1.28 bits per heavy atom. The number of nitrogens with zero attached hydrogens (tertiary/aromatic N) is 2. The third-order valence-electron chi connectivity index (χ3n) is 7.13. The highest BCUT2D eigenvalue weighted by molar-refractivity contribution is 7.09. The lowest BCUT2D eigenvalue weighted by atomic mass is 9.63. The van der Waals surface area contributed by atoms with Crippen molar-refractivity contribution < 1.29 is 14.4 Å². The maximum absolute atomic E-state index is 13.5. The molecule has 1 aliphatic carbocycles. The summed E-state index contributed by atoms with van der Waals surface area (Å²) < 4.78 is 4.44. The van der Waals surface area contributed by atoms with Crippen LogP contribution in [0.1, 0.15) is 62.5 Å². The van der Waals surface area contributed by atoms with Crippen LogP contribution in [-0.2, 0) is 9.59 Å². The van der Waals surface area contributed by atoms with Crippen LogP contribution < -0.4 is 10.6 Å². The Balaban J connectivity index is 1.53. The van der Waals surface area contributed by atoms with Crippen molar-refractivity contribution in [3.05, 3.63) is 29.1 Å². The Bertz CT molecular complexity index is 1020. The van der Waals surface area contributed by atoms with Crippen molar-refractivity contribution in [2.24, 2.45) is 11.3 Å². The molecule has 2 aromatic rings. The van der Waals surface area contributed by atoms with Crippen LogP contribution in [0.3, 0.4) is 0 Å². The second-order valence-corrected chi connectivity index (χ2v) is 10.3. The molecule has 1 aromatic carbocycles. The molecule has 0 radical (unpaired) electrons. The van der Waals surface area contributed by atoms with Crippen LogP contribution in [0.4, 0.5) is 0 Å². The first kappa shape index (κ1) is 22.7. The zero-order valence-corrected chi connectivity index (χ0v) is 19.8. The van der Waals surface area contributed by atoms with Gasteiger partial charge in [0.15, 0.2) is 0 Å². The van der Waals surface area contributed by atoms with Crippen LogP contribution >= 0.6 is 11.5 Å². The zero-order chi connectivity index (χ0) is 22.9. The number of fused-ring (bicyclic) bond motifs is 1. The molecule has 1 unspecified atom stereocenters. The van der Waals surface area contributed by atoms with Gasteiger partial charge in [0.1, 0.15) is 10.9 Å². The van der Waals surface area contributed by atoms with Gasteiger partial charge in [0, 0.05) is 31.4 Å². The van der Waals surface area contributed by atoms with E-state index in [1.165, 1.54) is 18.5 Å². The average molecular weight is 457 g/mol. The van der Waals surface area contributed by atoms with Crippen LogP contribution in [0.5, 0.6) is 0 Å². The lowest BCUT2D eigenvalue weighted by Crippen LogP contribution is -2.61. The molecule has 1 saturated heterocycles. The van der Waals surface area contributed by atoms with Gasteiger partial charge < -0.3 is 15.5 Å². The smallest absolute Gasteiger partial charge is 0.266 e. The summed E-state index contributed by atoms with van der Waals surface area (Å²) in [5.41, 5.74) is 0.916. The summed E-state index contributed by atoms with van der Waals surface area (Å²) >= 11 is 1.25. The highest BCUT2D eigenvalue weighted by Gasteiger charge is 2.46. The summed E-state index contributed by atoms with van der Waals surface area (Å²) in [6, 6.07) is 7.03. The molecule has 2 fully saturated rings. The second kappa shape index (κ2) is 9.17. The van der Waals surface area contributed by atoms with Gasteiger partial charge in [0.2, 0.25) is 11.8 Å². The molecule has 2 aliphatic rings. The molecule has 172 valence electrons. The number of likely N-dealkylation sites (tertiary alicyclic amines) is 1. The van der Waals surface area contributed by atoms with E-state index in [1.54, 1.807) is 0 Å². The van der Waals surface area contributed by atoms with Gasteiger partial charge in [-0.3, -0.25) is 14.4 Å². The summed E-state index contributed by atoms with van der Waals surface area (Å²) in [5, 5.41) is 6.87. The quantitative estimate of drug-likeness (QED) is 0.697. The van der Waals surface area contributed by atoms with Crippen LogP contribution in [0.15, 0.2) is 24.3 Å². The van der Waals surface area contributed by atoms with E-state index in [0.717, 1.165) is 49.6 Å². The molecule has 1 aromatic heterocycles. The van der Waals surface area contributed by atoms with Gasteiger partial charge in [-0.05, 0) is 48.2 Å². The number of carbonyl (C=O) groups is 3. The van der Waals surface area contributed by atoms with Crippen molar-refractivity contribution in [1.29, 1.82) is 0 Å². The van der Waals surface area contributed by atoms with E-state index in [2.05, 4.69) is 15.0 Å². The van der Waals surface area contributed by atoms with E-state index in [1.807, 2.05) is 43.0 Å². The maximum atomic E-state index is 13.5. The van der Waals surface area contributed by atoms with E-state index in [4.69, 9.17) is 0 Å². The number of piperidine rings is 1. The summed E-state index contributed by atoms with van der Waals surface area (Å²) in [4.78, 5) is 40.8. The monoisotopic (exact) mass is 456 g/mol. The largest absolute Gasteiger partial charge is 0.350 e. The first-order valence-electron chi connectivity index (χ1n) is 11.5. The lowest BCUT2D eigenvalue weighted by Gasteiger charge is -2.51. The Labute approximate surface area is 193 Å². The Kier molecular flexibility index (Phi) is 6.51. The van der Waals surface area contributed by atoms with Crippen molar-refractivity contribution in [3.63, 3.8) is 0 Å². The van der Waals surface area contributed by atoms with Crippen LogP contribution in [0.2, 0.25) is 0 Å². The lowest BCUT2D eigenvalue weighted by molar-refractivity contribution is -0.130. The summed E-state index contributed by atoms with van der Waals surface area (Å²) in [6.45, 7) is 6.62. The van der Waals surface area contributed by atoms with Crippen molar-refractivity contribution in [2.75, 3.05) is 13.1 Å². The van der Waals surface area contributed by atoms with Crippen molar-refractivity contribution in [1.82, 2.24) is 19.9 Å². The number of nitrogens with one attached hydrogen (secondary N) is 2. The van der Waals surface area contributed by atoms with Gasteiger partial charge in [-0.1, -0.05) is 44.9 Å². The van der Waals surface area contributed by atoms with Gasteiger partial charge in [0.05, 0.1) is 5.52 Å². The maximum Gasteiger partial charge on any atom is 0.266 e. The highest BCUT2D eigenvalue weighted by Crippen LogP contribution is 2.48. The summed E-state index contributed by atoms with van der Waals surface area (Å²) in [5.74, 6) is -0.347. The SMILES string of the molecule is CC[C@H](C)[C@H](NC(C)=O)C(=O)NC1CN(C(=O)c2snc3ccccc23)CC2(CCC2)C1. The first-order chi connectivity index (χ1) is 15.3. The minimum absolute atomic E-state index is 0.00531. The standard InChI is InChI=1S/C24H32N4O3S/c1-4-15(2)20(25-16(3)29)22(30)26-17-12-24(10-7-11-24)14-28(13-17)23(31)21-18-8-5-6-9-19(18)27-32-21/h5-6,8-9,15,17,20H,4,7,10-14H2,1-3H3,(H,25,29)(H,26,30)/t15-,17?,20-/m0/s1. The van der Waals surface area contributed by atoms with E-state index < -0.39 is 6.04 Å². The third kappa shape index (κ3) is 4.51. The molecule has 8 heteroatoms. The van der Waals surface area contributed by atoms with E-state index in [-0.39, 0.29) is 35.1 Å². The van der Waals surface area contributed by atoms with Gasteiger partial charge in [0.25, 0.3) is 5.91 Å². The molecule has 4 rings (SSSR count). The van der Waals surface area contributed by atoms with Crippen LogP contribution in [0, 0.1) is 11.3 Å². The van der Waals surface area contributed by atoms with E-state index in [0.29, 0.717) is 11.4 Å². The number of hydrogen-bond donors (Lipinski definition) is 2. The molecule has 32 heavy (non-hydrogen) atoms. The summed E-state index contributed by atoms with van der Waals surface area (Å²) in [7, 11) is 0. The number of carbonyl (C=O) groups excluding carboxylic acids is 3. The number of amides is 3. The fraction of sp³-hybridized carbons (Fsp3) is 0.583.